The molecular formula is C15H26N4OS. The third kappa shape index (κ3) is 4.33. The number of nitrogens with zero attached hydrogens (tertiary/aromatic N) is 2. The van der Waals surface area contributed by atoms with Crippen molar-refractivity contribution >= 4 is 28.2 Å². The molecule has 1 fully saturated rings. The third-order valence-corrected chi connectivity index (χ3v) is 4.88. The summed E-state index contributed by atoms with van der Waals surface area (Å²) in [6.45, 7) is 5.92. The molecule has 0 atom stereocenters. The number of carbonyl (C=O) groups is 1. The van der Waals surface area contributed by atoms with Gasteiger partial charge in [-0.2, -0.15) is 0 Å². The number of amides is 1. The highest BCUT2D eigenvalue weighted by Gasteiger charge is 2.23. The summed E-state index contributed by atoms with van der Waals surface area (Å²) in [7, 11) is 1.86. The van der Waals surface area contributed by atoms with Crippen LogP contribution in [0.1, 0.15) is 49.2 Å². The molecule has 1 aliphatic rings. The van der Waals surface area contributed by atoms with Crippen LogP contribution in [0.3, 0.4) is 0 Å². The Hall–Kier alpha value is -1.30. The van der Waals surface area contributed by atoms with Gasteiger partial charge >= 0.3 is 0 Å². The molecule has 5 nitrogen and oxygen atoms in total. The van der Waals surface area contributed by atoms with E-state index in [1.165, 1.54) is 37.0 Å². The minimum absolute atomic E-state index is 0.00510. The Morgan fingerprint density at radius 1 is 1.48 bits per heavy atom. The van der Waals surface area contributed by atoms with Crippen molar-refractivity contribution < 1.29 is 4.79 Å². The van der Waals surface area contributed by atoms with Crippen LogP contribution in [0.25, 0.3) is 0 Å². The Bertz CT molecular complexity index is 480. The molecule has 1 saturated carbocycles. The van der Waals surface area contributed by atoms with Crippen molar-refractivity contribution in [3.8, 4) is 0 Å². The van der Waals surface area contributed by atoms with Crippen molar-refractivity contribution in [3.63, 3.8) is 0 Å². The van der Waals surface area contributed by atoms with E-state index >= 15 is 0 Å². The molecule has 3 N–H and O–H groups in total. The second-order valence-electron chi connectivity index (χ2n) is 6.34. The number of thiazole rings is 1. The number of carbonyl (C=O) groups excluding carboxylic acids is 1. The SMILES string of the molecule is CC(C)CNc1nc(N)c(C(=O)N(C)CC2CCCC2)s1. The summed E-state index contributed by atoms with van der Waals surface area (Å²) < 4.78 is 0. The summed E-state index contributed by atoms with van der Waals surface area (Å²) in [6, 6.07) is 0. The lowest BCUT2D eigenvalue weighted by Crippen LogP contribution is -2.31. The molecule has 1 amide bonds. The molecule has 1 aromatic heterocycles. The topological polar surface area (TPSA) is 71.2 Å². The summed E-state index contributed by atoms with van der Waals surface area (Å²) in [5.41, 5.74) is 5.91. The number of nitrogens with two attached hydrogens (primary N) is 1. The molecule has 0 spiro atoms. The minimum atomic E-state index is -0.00510. The molecule has 0 radical (unpaired) electrons. The summed E-state index contributed by atoms with van der Waals surface area (Å²) in [5, 5.41) is 3.96. The highest BCUT2D eigenvalue weighted by atomic mass is 32.1. The number of nitrogen functional groups attached to an aromatic ring is 1. The van der Waals surface area contributed by atoms with Gasteiger partial charge < -0.3 is 16.0 Å². The minimum Gasteiger partial charge on any atom is -0.382 e. The molecule has 0 aliphatic heterocycles. The lowest BCUT2D eigenvalue weighted by atomic mass is 10.1. The van der Waals surface area contributed by atoms with E-state index in [2.05, 4.69) is 24.1 Å². The fraction of sp³-hybridized carbons (Fsp3) is 0.733. The van der Waals surface area contributed by atoms with Crippen LogP contribution in [0.2, 0.25) is 0 Å². The average Bonchev–Trinajstić information content (AvgIpc) is 3.05. The summed E-state index contributed by atoms with van der Waals surface area (Å²) in [6.07, 6.45) is 5.05. The third-order valence-electron chi connectivity index (χ3n) is 3.86. The van der Waals surface area contributed by atoms with Gasteiger partial charge in [-0.05, 0) is 24.7 Å². The summed E-state index contributed by atoms with van der Waals surface area (Å²) in [5.74, 6) is 1.51. The van der Waals surface area contributed by atoms with Gasteiger partial charge in [0.05, 0.1) is 0 Å². The number of aromatic nitrogens is 1. The number of rotatable bonds is 6. The highest BCUT2D eigenvalue weighted by Crippen LogP contribution is 2.29. The molecule has 1 aliphatic carbocycles. The fourth-order valence-corrected chi connectivity index (χ4v) is 3.57. The van der Waals surface area contributed by atoms with Gasteiger partial charge in [-0.3, -0.25) is 4.79 Å². The van der Waals surface area contributed by atoms with E-state index in [0.29, 0.717) is 22.5 Å². The van der Waals surface area contributed by atoms with Crippen LogP contribution < -0.4 is 11.1 Å². The van der Waals surface area contributed by atoms with E-state index in [1.54, 1.807) is 4.90 Å². The molecular weight excluding hydrogens is 284 g/mol. The predicted octanol–water partition coefficient (Wildman–Crippen LogP) is 3.06. The molecule has 6 heteroatoms. The molecule has 0 bridgehead atoms. The molecule has 0 saturated heterocycles. The maximum atomic E-state index is 12.5. The van der Waals surface area contributed by atoms with E-state index in [4.69, 9.17) is 5.73 Å². The van der Waals surface area contributed by atoms with Crippen molar-refractivity contribution in [2.24, 2.45) is 11.8 Å². The van der Waals surface area contributed by atoms with Crippen LogP contribution >= 0.6 is 11.3 Å². The van der Waals surface area contributed by atoms with Crippen molar-refractivity contribution in [2.75, 3.05) is 31.2 Å². The molecule has 2 rings (SSSR count). The predicted molar refractivity (Wildman–Crippen MR) is 88.8 cm³/mol. The summed E-state index contributed by atoms with van der Waals surface area (Å²) in [4.78, 5) is 19.1. The quantitative estimate of drug-likeness (QED) is 0.847. The monoisotopic (exact) mass is 310 g/mol. The first-order chi connectivity index (χ1) is 9.97. The zero-order valence-corrected chi connectivity index (χ0v) is 14.0. The van der Waals surface area contributed by atoms with Gasteiger partial charge in [0.25, 0.3) is 5.91 Å². The van der Waals surface area contributed by atoms with Crippen LogP contribution in [-0.4, -0.2) is 35.9 Å². The first-order valence-electron chi connectivity index (χ1n) is 7.73. The second-order valence-corrected chi connectivity index (χ2v) is 7.34. The Morgan fingerprint density at radius 2 is 2.14 bits per heavy atom. The van der Waals surface area contributed by atoms with Crippen molar-refractivity contribution in [2.45, 2.75) is 39.5 Å². The van der Waals surface area contributed by atoms with E-state index in [9.17, 15) is 4.79 Å². The Balaban J connectivity index is 1.97. The van der Waals surface area contributed by atoms with Gasteiger partial charge in [0.1, 0.15) is 10.7 Å². The van der Waals surface area contributed by atoms with Gasteiger partial charge in [0.2, 0.25) is 0 Å². The zero-order valence-electron chi connectivity index (χ0n) is 13.2. The first-order valence-corrected chi connectivity index (χ1v) is 8.54. The van der Waals surface area contributed by atoms with Crippen molar-refractivity contribution in [1.82, 2.24) is 9.88 Å². The van der Waals surface area contributed by atoms with Crippen molar-refractivity contribution in [3.05, 3.63) is 4.88 Å². The first kappa shape index (κ1) is 16.1. The summed E-state index contributed by atoms with van der Waals surface area (Å²) >= 11 is 1.36. The van der Waals surface area contributed by atoms with E-state index in [0.717, 1.165) is 18.2 Å². The number of nitrogens with one attached hydrogen (secondary N) is 1. The van der Waals surface area contributed by atoms with Gasteiger partial charge in [-0.15, -0.1) is 0 Å². The molecule has 21 heavy (non-hydrogen) atoms. The van der Waals surface area contributed by atoms with Crippen LogP contribution in [0.4, 0.5) is 10.9 Å². The van der Waals surface area contributed by atoms with E-state index in [-0.39, 0.29) is 5.91 Å². The highest BCUT2D eigenvalue weighted by molar-refractivity contribution is 7.18. The number of hydrogen-bond acceptors (Lipinski definition) is 5. The van der Waals surface area contributed by atoms with E-state index < -0.39 is 0 Å². The van der Waals surface area contributed by atoms with Crippen LogP contribution in [0.15, 0.2) is 0 Å². The Morgan fingerprint density at radius 3 is 2.76 bits per heavy atom. The van der Waals surface area contributed by atoms with Crippen molar-refractivity contribution in [1.29, 1.82) is 0 Å². The lowest BCUT2D eigenvalue weighted by molar-refractivity contribution is 0.0779. The average molecular weight is 310 g/mol. The molecule has 118 valence electrons. The normalized spacial score (nSPS) is 15.6. The number of anilines is 2. The maximum absolute atomic E-state index is 12.5. The van der Waals surface area contributed by atoms with Gasteiger partial charge in [0, 0.05) is 20.1 Å². The molecule has 1 heterocycles. The fourth-order valence-electron chi connectivity index (χ4n) is 2.69. The van der Waals surface area contributed by atoms with Gasteiger partial charge in [0.15, 0.2) is 5.13 Å². The second kappa shape index (κ2) is 7.11. The van der Waals surface area contributed by atoms with Crippen LogP contribution in [0, 0.1) is 11.8 Å². The Kier molecular flexibility index (Phi) is 5.45. The van der Waals surface area contributed by atoms with E-state index in [1.807, 2.05) is 7.05 Å². The lowest BCUT2D eigenvalue weighted by Gasteiger charge is -2.20. The maximum Gasteiger partial charge on any atom is 0.267 e. The Labute approximate surface area is 130 Å². The van der Waals surface area contributed by atoms with Crippen LogP contribution in [-0.2, 0) is 0 Å². The zero-order chi connectivity index (χ0) is 15.4. The smallest absolute Gasteiger partial charge is 0.267 e. The van der Waals surface area contributed by atoms with Gasteiger partial charge in [-0.25, -0.2) is 4.98 Å². The molecule has 0 unspecified atom stereocenters. The molecule has 0 aromatic carbocycles. The van der Waals surface area contributed by atoms with Gasteiger partial charge in [-0.1, -0.05) is 38.0 Å². The number of hydrogen-bond donors (Lipinski definition) is 2. The largest absolute Gasteiger partial charge is 0.382 e. The molecule has 1 aromatic rings. The standard InChI is InChI=1S/C15H26N4OS/c1-10(2)8-17-15-18-13(16)12(21-15)14(20)19(3)9-11-6-4-5-7-11/h10-11H,4-9,16H2,1-3H3,(H,17,18). The van der Waals surface area contributed by atoms with Crippen LogP contribution in [0.5, 0.6) is 0 Å².